The molecule has 4 rings (SSSR count). The normalized spacial score (nSPS) is 15.6. The lowest BCUT2D eigenvalue weighted by molar-refractivity contribution is -0.158. The van der Waals surface area contributed by atoms with Gasteiger partial charge in [0.15, 0.2) is 6.04 Å². The summed E-state index contributed by atoms with van der Waals surface area (Å²) in [6.07, 6.45) is -2.84. The summed E-state index contributed by atoms with van der Waals surface area (Å²) in [5.74, 6) is -0.825. The first-order chi connectivity index (χ1) is 14.6. The van der Waals surface area contributed by atoms with Crippen molar-refractivity contribution in [1.29, 1.82) is 0 Å². The maximum atomic E-state index is 13.7. The number of β-amino-alcohol motifs (C(OH)–C–C–N with tert-alkyl or cyclic N) is 1. The van der Waals surface area contributed by atoms with Crippen LogP contribution in [0.2, 0.25) is 0 Å². The third-order valence-electron chi connectivity index (χ3n) is 4.84. The summed E-state index contributed by atoms with van der Waals surface area (Å²) in [7, 11) is 0. The van der Waals surface area contributed by atoms with Gasteiger partial charge in [0, 0.05) is 24.0 Å². The van der Waals surface area contributed by atoms with Crippen molar-refractivity contribution < 1.29 is 31.9 Å². The molecule has 1 aliphatic heterocycles. The van der Waals surface area contributed by atoms with Crippen molar-refractivity contribution in [2.24, 2.45) is 0 Å². The molecule has 0 spiro atoms. The number of fused-ring (bicyclic) bond motifs is 1. The van der Waals surface area contributed by atoms with E-state index in [9.17, 15) is 27.5 Å². The molecule has 1 aromatic carbocycles. The molecule has 31 heavy (non-hydrogen) atoms. The van der Waals surface area contributed by atoms with Crippen LogP contribution in [0, 0.1) is 12.7 Å². The number of aryl methyl sites for hydroxylation is 1. The molecule has 0 saturated carbocycles. The number of carbonyl (C=O) groups is 1. The van der Waals surface area contributed by atoms with E-state index in [0.29, 0.717) is 19.0 Å². The number of anilines is 2. The minimum absolute atomic E-state index is 0.0709. The maximum absolute atomic E-state index is 13.7. The number of carbonyl (C=O) groups excluding carboxylic acids is 1. The fraction of sp³-hybridized carbons (Fsp3) is 0.316. The van der Waals surface area contributed by atoms with Gasteiger partial charge >= 0.3 is 12.2 Å². The number of amides is 2. The zero-order chi connectivity index (χ0) is 22.3. The Hall–Kier alpha value is -3.41. The Kier molecular flexibility index (Phi) is 5.17. The molecule has 0 unspecified atom stereocenters. The number of aliphatic hydroxyl groups excluding tert-OH is 1. The number of aromatic nitrogens is 2. The molecule has 2 amide bonds. The Balaban J connectivity index is 1.51. The summed E-state index contributed by atoms with van der Waals surface area (Å²) < 4.78 is 59.8. The Morgan fingerprint density at radius 2 is 1.97 bits per heavy atom. The molecule has 8 nitrogen and oxygen atoms in total. The monoisotopic (exact) mass is 439 g/mol. The zero-order valence-corrected chi connectivity index (χ0v) is 16.1. The minimum atomic E-state index is -4.87. The molecule has 3 N–H and O–H groups in total. The number of nitrogens with one attached hydrogen (secondary N) is 2. The summed E-state index contributed by atoms with van der Waals surface area (Å²) in [4.78, 5) is 21.9. The predicted octanol–water partition coefficient (Wildman–Crippen LogP) is 3.28. The molecule has 0 radical (unpaired) electrons. The van der Waals surface area contributed by atoms with Crippen molar-refractivity contribution in [3.05, 3.63) is 47.7 Å². The maximum Gasteiger partial charge on any atom is 0.416 e. The van der Waals surface area contributed by atoms with E-state index < -0.39 is 35.9 Å². The van der Waals surface area contributed by atoms with Crippen LogP contribution in [-0.4, -0.2) is 46.5 Å². The number of aliphatic hydroxyl groups is 1. The molecule has 12 heteroatoms. The van der Waals surface area contributed by atoms with Crippen LogP contribution in [-0.2, 0) is 0 Å². The molecular weight excluding hydrogens is 422 g/mol. The van der Waals surface area contributed by atoms with Crippen molar-refractivity contribution >= 4 is 28.6 Å². The number of hydrogen-bond acceptors (Lipinski definition) is 6. The lowest BCUT2D eigenvalue weighted by atomic mass is 10.1. The number of hydrogen-bond donors (Lipinski definition) is 3. The second-order valence-electron chi connectivity index (χ2n) is 7.14. The van der Waals surface area contributed by atoms with Crippen molar-refractivity contribution in [1.82, 2.24) is 15.3 Å². The van der Waals surface area contributed by atoms with Crippen LogP contribution in [0.5, 0.6) is 0 Å². The topological polar surface area (TPSA) is 104 Å². The minimum Gasteiger partial charge on any atom is -0.458 e. The van der Waals surface area contributed by atoms with Gasteiger partial charge in [0.2, 0.25) is 5.95 Å². The van der Waals surface area contributed by atoms with E-state index in [1.807, 2.05) is 5.32 Å². The number of alkyl halides is 3. The van der Waals surface area contributed by atoms with E-state index in [0.717, 1.165) is 12.1 Å². The largest absolute Gasteiger partial charge is 0.458 e. The van der Waals surface area contributed by atoms with Crippen molar-refractivity contribution in [2.45, 2.75) is 25.2 Å². The molecule has 3 aromatic rings. The molecule has 0 bridgehead atoms. The average Bonchev–Trinajstić information content (AvgIpc) is 2.99. The molecule has 2 aromatic heterocycles. The number of rotatable bonds is 4. The second-order valence-corrected chi connectivity index (χ2v) is 7.14. The molecule has 1 atom stereocenters. The number of urea groups is 1. The molecule has 1 saturated heterocycles. The van der Waals surface area contributed by atoms with Crippen LogP contribution in [0.1, 0.15) is 17.4 Å². The molecular formula is C19H17F4N5O3. The number of benzene rings is 1. The van der Waals surface area contributed by atoms with Gasteiger partial charge in [0.1, 0.15) is 17.2 Å². The van der Waals surface area contributed by atoms with Crippen LogP contribution < -0.4 is 15.5 Å². The fourth-order valence-electron chi connectivity index (χ4n) is 3.25. The SMILES string of the molecule is Cc1c([C@H](NC(=O)Nc2cnc(N3CC(O)C3)nc2)C(F)(F)F)oc2ccc(F)cc12. The highest BCUT2D eigenvalue weighted by molar-refractivity contribution is 5.89. The van der Waals surface area contributed by atoms with E-state index in [1.165, 1.54) is 25.4 Å². The highest BCUT2D eigenvalue weighted by atomic mass is 19.4. The van der Waals surface area contributed by atoms with E-state index in [4.69, 9.17) is 4.42 Å². The van der Waals surface area contributed by atoms with E-state index in [1.54, 1.807) is 4.90 Å². The van der Waals surface area contributed by atoms with E-state index >= 15 is 0 Å². The van der Waals surface area contributed by atoms with Crippen LogP contribution in [0.4, 0.5) is 34.0 Å². The van der Waals surface area contributed by atoms with Crippen molar-refractivity contribution in [3.8, 4) is 0 Å². The quantitative estimate of drug-likeness (QED) is 0.539. The van der Waals surface area contributed by atoms with E-state index in [-0.39, 0.29) is 22.2 Å². The van der Waals surface area contributed by atoms with Gasteiger partial charge in [-0.1, -0.05) is 0 Å². The lowest BCUT2D eigenvalue weighted by Gasteiger charge is -2.35. The second kappa shape index (κ2) is 7.69. The number of furan rings is 1. The lowest BCUT2D eigenvalue weighted by Crippen LogP contribution is -2.51. The van der Waals surface area contributed by atoms with E-state index in [2.05, 4.69) is 15.3 Å². The highest BCUT2D eigenvalue weighted by Gasteiger charge is 2.45. The first-order valence-electron chi connectivity index (χ1n) is 9.19. The standard InChI is InChI=1S/C19H17F4N5O3/c1-9-13-4-10(20)2-3-14(13)31-15(9)16(19(21,22)23)27-18(30)26-11-5-24-17(25-6-11)28-7-12(29)8-28/h2-6,12,16,29H,7-8H2,1H3,(H2,26,27,30)/t16-/m0/s1. The van der Waals surface area contributed by atoms with Crippen LogP contribution >= 0.6 is 0 Å². The third-order valence-corrected chi connectivity index (χ3v) is 4.84. The van der Waals surface area contributed by atoms with Crippen molar-refractivity contribution in [3.63, 3.8) is 0 Å². The Labute approximate surface area is 172 Å². The van der Waals surface area contributed by atoms with Gasteiger partial charge in [0.25, 0.3) is 0 Å². The first kappa shape index (κ1) is 20.8. The highest BCUT2D eigenvalue weighted by Crippen LogP contribution is 2.38. The Morgan fingerprint density at radius 1 is 1.29 bits per heavy atom. The van der Waals surface area contributed by atoms with Crippen LogP contribution in [0.15, 0.2) is 35.0 Å². The van der Waals surface area contributed by atoms with Crippen LogP contribution in [0.25, 0.3) is 11.0 Å². The predicted molar refractivity (Wildman–Crippen MR) is 102 cm³/mol. The van der Waals surface area contributed by atoms with Gasteiger partial charge in [0.05, 0.1) is 24.2 Å². The third kappa shape index (κ3) is 4.24. The van der Waals surface area contributed by atoms with Gasteiger partial charge in [-0.25, -0.2) is 19.2 Å². The van der Waals surface area contributed by atoms with Gasteiger partial charge in [-0.05, 0) is 25.1 Å². The molecule has 3 heterocycles. The first-order valence-corrected chi connectivity index (χ1v) is 9.19. The number of halogens is 4. The van der Waals surface area contributed by atoms with Crippen LogP contribution in [0.3, 0.4) is 0 Å². The molecule has 164 valence electrons. The molecule has 0 aliphatic carbocycles. The molecule has 1 fully saturated rings. The Morgan fingerprint density at radius 3 is 2.58 bits per heavy atom. The van der Waals surface area contributed by atoms with Gasteiger partial charge in [-0.3, -0.25) is 0 Å². The van der Waals surface area contributed by atoms with Gasteiger partial charge in [-0.2, -0.15) is 13.2 Å². The summed E-state index contributed by atoms with van der Waals surface area (Å²) in [5.41, 5.74) is 0.221. The summed E-state index contributed by atoms with van der Waals surface area (Å²) >= 11 is 0. The summed E-state index contributed by atoms with van der Waals surface area (Å²) in [6.45, 7) is 2.11. The van der Waals surface area contributed by atoms with Crippen molar-refractivity contribution in [2.75, 3.05) is 23.3 Å². The molecule has 1 aliphatic rings. The van der Waals surface area contributed by atoms with Gasteiger partial charge < -0.3 is 25.1 Å². The fourth-order valence-corrected chi connectivity index (χ4v) is 3.25. The van der Waals surface area contributed by atoms with Gasteiger partial charge in [-0.15, -0.1) is 0 Å². The zero-order valence-electron chi connectivity index (χ0n) is 16.1. The smallest absolute Gasteiger partial charge is 0.416 e. The summed E-state index contributed by atoms with van der Waals surface area (Å²) in [5, 5.41) is 13.6. The number of nitrogens with zero attached hydrogens (tertiary/aromatic N) is 3. The average molecular weight is 439 g/mol. The summed E-state index contributed by atoms with van der Waals surface area (Å²) in [6, 6.07) is -0.233. The Bertz CT molecular complexity index is 1110.